The monoisotopic (exact) mass is 390 g/mol. The van der Waals surface area contributed by atoms with Gasteiger partial charge in [-0.3, -0.25) is 14.9 Å². The average molecular weight is 390 g/mol. The van der Waals surface area contributed by atoms with Crippen molar-refractivity contribution in [2.45, 2.75) is 6.54 Å². The molecule has 1 fully saturated rings. The van der Waals surface area contributed by atoms with Crippen LogP contribution >= 0.6 is 23.6 Å². The molecule has 0 unspecified atom stereocenters. The second-order valence-corrected chi connectivity index (χ2v) is 7.27. The molecule has 9 heteroatoms. The van der Waals surface area contributed by atoms with Crippen LogP contribution in [0, 0.1) is 10.1 Å². The third-order valence-corrected chi connectivity index (χ3v) is 5.55. The molecule has 1 N–H and O–H groups in total. The molecular formula is C17H18N4O3S2. The number of carbonyl (C=O) groups is 1. The number of benzene rings is 1. The standard InChI is InChI=1S/C17H18N4O3S2/c22-16(14-6-7-15(26-14)21(23)24)19-8-10-20(11-9-19)17(25)18-12-13-4-2-1-3-5-13/h1-7H,8-12H2,(H,18,25). The molecule has 7 nitrogen and oxygen atoms in total. The quantitative estimate of drug-likeness (QED) is 0.491. The van der Waals surface area contributed by atoms with Gasteiger partial charge < -0.3 is 15.1 Å². The molecule has 1 saturated heterocycles. The molecule has 2 aromatic rings. The lowest BCUT2D eigenvalue weighted by atomic mass is 10.2. The van der Waals surface area contributed by atoms with Crippen LogP contribution in [0.4, 0.5) is 5.00 Å². The Hall–Kier alpha value is -2.52. The summed E-state index contributed by atoms with van der Waals surface area (Å²) >= 11 is 6.35. The second kappa shape index (κ2) is 8.24. The van der Waals surface area contributed by atoms with Gasteiger partial charge in [0.1, 0.15) is 0 Å². The first-order valence-corrected chi connectivity index (χ1v) is 9.37. The maximum atomic E-state index is 12.5. The number of nitrogens with one attached hydrogen (secondary N) is 1. The first-order valence-electron chi connectivity index (χ1n) is 8.15. The summed E-state index contributed by atoms with van der Waals surface area (Å²) in [5, 5.41) is 14.7. The Morgan fingerprint density at radius 2 is 1.77 bits per heavy atom. The largest absolute Gasteiger partial charge is 0.358 e. The number of rotatable bonds is 4. The summed E-state index contributed by atoms with van der Waals surface area (Å²) in [5.74, 6) is -0.161. The predicted molar refractivity (Wildman–Crippen MR) is 104 cm³/mol. The number of thiophene rings is 1. The van der Waals surface area contributed by atoms with Crippen LogP contribution in [-0.4, -0.2) is 51.9 Å². The zero-order chi connectivity index (χ0) is 18.5. The van der Waals surface area contributed by atoms with Gasteiger partial charge in [-0.05, 0) is 23.8 Å². The van der Waals surface area contributed by atoms with Crippen LogP contribution in [0.5, 0.6) is 0 Å². The number of piperazine rings is 1. The maximum absolute atomic E-state index is 12.5. The van der Waals surface area contributed by atoms with E-state index >= 15 is 0 Å². The minimum Gasteiger partial charge on any atom is -0.358 e. The summed E-state index contributed by atoms with van der Waals surface area (Å²) in [6, 6.07) is 12.9. The smallest absolute Gasteiger partial charge is 0.324 e. The summed E-state index contributed by atoms with van der Waals surface area (Å²) in [7, 11) is 0. The van der Waals surface area contributed by atoms with Crippen LogP contribution in [0.15, 0.2) is 42.5 Å². The topological polar surface area (TPSA) is 78.7 Å². The van der Waals surface area contributed by atoms with Crippen molar-refractivity contribution >= 4 is 39.6 Å². The number of hydrogen-bond donors (Lipinski definition) is 1. The molecule has 1 aliphatic heterocycles. The summed E-state index contributed by atoms with van der Waals surface area (Å²) in [6.07, 6.45) is 0. The highest BCUT2D eigenvalue weighted by Gasteiger charge is 2.25. The molecule has 26 heavy (non-hydrogen) atoms. The number of thiocarbonyl (C=S) groups is 1. The molecule has 0 radical (unpaired) electrons. The summed E-state index contributed by atoms with van der Waals surface area (Å²) in [6.45, 7) is 3.02. The molecule has 1 aromatic heterocycles. The van der Waals surface area contributed by atoms with E-state index in [1.807, 2.05) is 35.2 Å². The van der Waals surface area contributed by atoms with Crippen LogP contribution in [0.3, 0.4) is 0 Å². The molecule has 0 aliphatic carbocycles. The van der Waals surface area contributed by atoms with Crippen LogP contribution in [0.2, 0.25) is 0 Å². The van der Waals surface area contributed by atoms with Crippen molar-refractivity contribution in [2.75, 3.05) is 26.2 Å². The Labute approximate surface area is 160 Å². The minimum atomic E-state index is -0.476. The highest BCUT2D eigenvalue weighted by Crippen LogP contribution is 2.25. The lowest BCUT2D eigenvalue weighted by Gasteiger charge is -2.36. The van der Waals surface area contributed by atoms with Crippen molar-refractivity contribution in [3.8, 4) is 0 Å². The van der Waals surface area contributed by atoms with Gasteiger partial charge in [0.05, 0.1) is 9.80 Å². The van der Waals surface area contributed by atoms with E-state index in [-0.39, 0.29) is 10.9 Å². The van der Waals surface area contributed by atoms with Gasteiger partial charge in [0.2, 0.25) is 0 Å². The maximum Gasteiger partial charge on any atom is 0.324 e. The first kappa shape index (κ1) is 18.3. The van der Waals surface area contributed by atoms with E-state index in [1.54, 1.807) is 4.90 Å². The molecule has 0 bridgehead atoms. The number of carbonyl (C=O) groups excluding carboxylic acids is 1. The molecular weight excluding hydrogens is 372 g/mol. The van der Waals surface area contributed by atoms with Gasteiger partial charge in [-0.25, -0.2) is 0 Å². The Kier molecular flexibility index (Phi) is 5.79. The Bertz CT molecular complexity index is 801. The molecule has 0 saturated carbocycles. The van der Waals surface area contributed by atoms with Crippen molar-refractivity contribution in [1.29, 1.82) is 0 Å². The van der Waals surface area contributed by atoms with Crippen molar-refractivity contribution in [3.63, 3.8) is 0 Å². The zero-order valence-electron chi connectivity index (χ0n) is 14.0. The van der Waals surface area contributed by atoms with E-state index in [2.05, 4.69) is 5.32 Å². The molecule has 3 rings (SSSR count). The van der Waals surface area contributed by atoms with Gasteiger partial charge in [0.15, 0.2) is 5.11 Å². The third kappa shape index (κ3) is 4.36. The van der Waals surface area contributed by atoms with Crippen molar-refractivity contribution < 1.29 is 9.72 Å². The third-order valence-electron chi connectivity index (χ3n) is 4.12. The average Bonchev–Trinajstić information content (AvgIpc) is 3.17. The molecule has 1 aliphatic rings. The Morgan fingerprint density at radius 3 is 2.38 bits per heavy atom. The van der Waals surface area contributed by atoms with E-state index < -0.39 is 4.92 Å². The molecule has 0 spiro atoms. The fourth-order valence-corrected chi connectivity index (χ4v) is 3.74. The number of hydrogen-bond acceptors (Lipinski definition) is 5. The molecule has 2 heterocycles. The summed E-state index contributed by atoms with van der Waals surface area (Å²) in [5.41, 5.74) is 1.16. The van der Waals surface area contributed by atoms with E-state index in [1.165, 1.54) is 12.1 Å². The van der Waals surface area contributed by atoms with Gasteiger partial charge >= 0.3 is 5.00 Å². The van der Waals surface area contributed by atoms with Crippen molar-refractivity contribution in [3.05, 3.63) is 63.0 Å². The van der Waals surface area contributed by atoms with Crippen molar-refractivity contribution in [1.82, 2.24) is 15.1 Å². The molecule has 1 amide bonds. The minimum absolute atomic E-state index is 0.0155. The first-order chi connectivity index (χ1) is 12.5. The van der Waals surface area contributed by atoms with Gasteiger partial charge in [0.25, 0.3) is 5.91 Å². The van der Waals surface area contributed by atoms with Crippen LogP contribution < -0.4 is 5.32 Å². The Balaban J connectivity index is 1.49. The van der Waals surface area contributed by atoms with Crippen molar-refractivity contribution in [2.24, 2.45) is 0 Å². The van der Waals surface area contributed by atoms with E-state index in [9.17, 15) is 14.9 Å². The molecule has 1 aromatic carbocycles. The molecule has 136 valence electrons. The number of amides is 1. The zero-order valence-corrected chi connectivity index (χ0v) is 15.6. The number of nitro groups is 1. The van der Waals surface area contributed by atoms with Crippen LogP contribution in [-0.2, 0) is 6.54 Å². The normalized spacial score (nSPS) is 14.2. The van der Waals surface area contributed by atoms with Gasteiger partial charge in [-0.1, -0.05) is 41.7 Å². The lowest BCUT2D eigenvalue weighted by molar-refractivity contribution is -0.380. The van der Waals surface area contributed by atoms with Gasteiger partial charge in [-0.15, -0.1) is 0 Å². The fraction of sp³-hybridized carbons (Fsp3) is 0.294. The highest BCUT2D eigenvalue weighted by molar-refractivity contribution is 7.80. The summed E-state index contributed by atoms with van der Waals surface area (Å²) in [4.78, 5) is 26.9. The second-order valence-electron chi connectivity index (χ2n) is 5.82. The fourth-order valence-electron chi connectivity index (χ4n) is 2.69. The van der Waals surface area contributed by atoms with E-state index in [0.29, 0.717) is 42.7 Å². The SMILES string of the molecule is O=C(c1ccc([N+](=O)[O-])s1)N1CCN(C(=S)NCc2ccccc2)CC1. The summed E-state index contributed by atoms with van der Waals surface area (Å²) < 4.78 is 0. The van der Waals surface area contributed by atoms with E-state index in [4.69, 9.17) is 12.2 Å². The van der Waals surface area contributed by atoms with Gasteiger partial charge in [0, 0.05) is 38.8 Å². The van der Waals surface area contributed by atoms with Gasteiger partial charge in [-0.2, -0.15) is 0 Å². The highest BCUT2D eigenvalue weighted by atomic mass is 32.1. The van der Waals surface area contributed by atoms with E-state index in [0.717, 1.165) is 16.9 Å². The Morgan fingerprint density at radius 1 is 1.12 bits per heavy atom. The lowest BCUT2D eigenvalue weighted by Crippen LogP contribution is -2.52. The number of nitrogens with zero attached hydrogens (tertiary/aromatic N) is 3. The molecule has 0 atom stereocenters. The van der Waals surface area contributed by atoms with Crippen LogP contribution in [0.1, 0.15) is 15.2 Å². The predicted octanol–water partition coefficient (Wildman–Crippen LogP) is 2.49. The van der Waals surface area contributed by atoms with Crippen LogP contribution in [0.25, 0.3) is 0 Å².